The van der Waals surface area contributed by atoms with Gasteiger partial charge >= 0.3 is 0 Å². The number of furan rings is 1. The number of ether oxygens (including phenoxy) is 1. The lowest BCUT2D eigenvalue weighted by Gasteiger charge is -2.33. The average molecular weight is 365 g/mol. The summed E-state index contributed by atoms with van der Waals surface area (Å²) >= 11 is 0. The molecule has 0 radical (unpaired) electrons. The molecule has 0 aliphatic carbocycles. The highest BCUT2D eigenvalue weighted by atomic mass is 16.5. The molecule has 1 atom stereocenters. The second-order valence-electron chi connectivity index (χ2n) is 6.30. The van der Waals surface area contributed by atoms with E-state index in [0.29, 0.717) is 31.2 Å². The van der Waals surface area contributed by atoms with Crippen LogP contribution in [0.2, 0.25) is 0 Å². The number of hydrogen-bond donors (Lipinski definition) is 0. The average Bonchev–Trinajstić information content (AvgIpc) is 3.25. The molecule has 1 aliphatic heterocycles. The van der Waals surface area contributed by atoms with Crippen molar-refractivity contribution in [2.24, 2.45) is 0 Å². The molecule has 0 bridgehead atoms. The zero-order valence-corrected chi connectivity index (χ0v) is 14.7. The minimum Gasteiger partial charge on any atom is -0.463 e. The van der Waals surface area contributed by atoms with Crippen LogP contribution >= 0.6 is 0 Å². The topological polar surface area (TPSA) is 77.6 Å². The molecular weight excluding hydrogens is 346 g/mol. The molecule has 1 aliphatic rings. The van der Waals surface area contributed by atoms with Crippen LogP contribution in [0.3, 0.4) is 0 Å². The van der Waals surface area contributed by atoms with Gasteiger partial charge in [-0.2, -0.15) is 5.10 Å². The number of nitrogens with zero attached hydrogens (tertiary/aromatic N) is 3. The Morgan fingerprint density at radius 2 is 1.96 bits per heavy atom. The van der Waals surface area contributed by atoms with Gasteiger partial charge in [0.2, 0.25) is 5.91 Å². The molecular formula is C20H19N3O4. The third-order valence-electron chi connectivity index (χ3n) is 4.52. The maximum absolute atomic E-state index is 12.7. The fourth-order valence-corrected chi connectivity index (χ4v) is 3.09. The summed E-state index contributed by atoms with van der Waals surface area (Å²) in [6, 6.07) is 16.3. The zero-order valence-electron chi connectivity index (χ0n) is 14.7. The number of amides is 1. The van der Waals surface area contributed by atoms with E-state index >= 15 is 0 Å². The molecule has 4 rings (SSSR count). The summed E-state index contributed by atoms with van der Waals surface area (Å²) < 4.78 is 12.3. The van der Waals surface area contributed by atoms with Crippen LogP contribution in [0.5, 0.6) is 0 Å². The second-order valence-corrected chi connectivity index (χ2v) is 6.30. The quantitative estimate of drug-likeness (QED) is 0.708. The van der Waals surface area contributed by atoms with Gasteiger partial charge in [0.05, 0.1) is 19.4 Å². The lowest BCUT2D eigenvalue weighted by Crippen LogP contribution is -2.44. The van der Waals surface area contributed by atoms with Gasteiger partial charge < -0.3 is 14.1 Å². The Labute approximate surface area is 155 Å². The number of morpholine rings is 1. The summed E-state index contributed by atoms with van der Waals surface area (Å²) in [5, 5.41) is 4.26. The molecule has 2 aromatic heterocycles. The summed E-state index contributed by atoms with van der Waals surface area (Å²) in [4.78, 5) is 26.6. The first-order valence-corrected chi connectivity index (χ1v) is 8.77. The van der Waals surface area contributed by atoms with E-state index in [0.717, 1.165) is 5.56 Å². The van der Waals surface area contributed by atoms with Gasteiger partial charge in [-0.05, 0) is 23.8 Å². The zero-order chi connectivity index (χ0) is 18.6. The van der Waals surface area contributed by atoms with Crippen LogP contribution in [-0.2, 0) is 16.1 Å². The molecule has 7 nitrogen and oxygen atoms in total. The van der Waals surface area contributed by atoms with Gasteiger partial charge in [0.15, 0.2) is 5.76 Å². The van der Waals surface area contributed by atoms with Gasteiger partial charge in [-0.1, -0.05) is 30.3 Å². The van der Waals surface area contributed by atoms with Crippen LogP contribution in [0.1, 0.15) is 11.7 Å². The molecule has 27 heavy (non-hydrogen) atoms. The van der Waals surface area contributed by atoms with Crippen molar-refractivity contribution >= 4 is 5.91 Å². The summed E-state index contributed by atoms with van der Waals surface area (Å²) in [6.45, 7) is 1.29. The number of carbonyl (C=O) groups is 1. The number of hydrogen-bond acceptors (Lipinski definition) is 5. The molecule has 3 aromatic rings. The maximum atomic E-state index is 12.7. The van der Waals surface area contributed by atoms with Crippen LogP contribution in [0.4, 0.5) is 0 Å². The normalized spacial score (nSPS) is 17.0. The number of rotatable bonds is 4. The van der Waals surface area contributed by atoms with Crippen LogP contribution in [0.15, 0.2) is 70.1 Å². The standard InChI is InChI=1S/C20H19N3O4/c24-19-9-8-16(17-7-4-11-26-17)21-23(19)14-20(25)22-10-12-27-18(13-22)15-5-2-1-3-6-15/h1-9,11,18H,10,12-14H2. The van der Waals surface area contributed by atoms with Crippen molar-refractivity contribution in [3.8, 4) is 11.5 Å². The largest absolute Gasteiger partial charge is 0.463 e. The molecule has 1 saturated heterocycles. The number of aromatic nitrogens is 2. The third kappa shape index (κ3) is 3.83. The van der Waals surface area contributed by atoms with Gasteiger partial charge in [-0.15, -0.1) is 0 Å². The fourth-order valence-electron chi connectivity index (χ4n) is 3.09. The first-order valence-electron chi connectivity index (χ1n) is 8.77. The smallest absolute Gasteiger partial charge is 0.267 e. The summed E-state index contributed by atoms with van der Waals surface area (Å²) in [5.41, 5.74) is 1.22. The molecule has 0 N–H and O–H groups in total. The minimum atomic E-state index is -0.327. The van der Waals surface area contributed by atoms with E-state index < -0.39 is 0 Å². The van der Waals surface area contributed by atoms with E-state index in [1.54, 1.807) is 23.1 Å². The summed E-state index contributed by atoms with van der Waals surface area (Å²) in [7, 11) is 0. The van der Waals surface area contributed by atoms with Crippen molar-refractivity contribution in [2.45, 2.75) is 12.6 Å². The van der Waals surface area contributed by atoms with Crippen LogP contribution < -0.4 is 5.56 Å². The molecule has 7 heteroatoms. The number of carbonyl (C=O) groups excluding carboxylic acids is 1. The SMILES string of the molecule is O=C(Cn1nc(-c2ccco2)ccc1=O)N1CCOC(c2ccccc2)C1. The molecule has 1 aromatic carbocycles. The predicted molar refractivity (Wildman–Crippen MR) is 97.9 cm³/mol. The Hall–Kier alpha value is -3.19. The molecule has 0 spiro atoms. The Morgan fingerprint density at radius 3 is 2.74 bits per heavy atom. The summed E-state index contributed by atoms with van der Waals surface area (Å²) in [5.74, 6) is 0.386. The fraction of sp³-hybridized carbons (Fsp3) is 0.250. The van der Waals surface area contributed by atoms with E-state index in [1.807, 2.05) is 30.3 Å². The van der Waals surface area contributed by atoms with Crippen molar-refractivity contribution in [3.05, 3.63) is 76.8 Å². The Morgan fingerprint density at radius 1 is 1.11 bits per heavy atom. The Balaban J connectivity index is 1.49. The first kappa shape index (κ1) is 17.2. The maximum Gasteiger partial charge on any atom is 0.267 e. The minimum absolute atomic E-state index is 0.116. The predicted octanol–water partition coefficient (Wildman–Crippen LogP) is 2.10. The van der Waals surface area contributed by atoms with Gasteiger partial charge in [-0.25, -0.2) is 4.68 Å². The van der Waals surface area contributed by atoms with Gasteiger partial charge in [0.25, 0.3) is 5.56 Å². The highest BCUT2D eigenvalue weighted by molar-refractivity contribution is 5.76. The van der Waals surface area contributed by atoms with Crippen molar-refractivity contribution < 1.29 is 13.9 Å². The molecule has 0 saturated carbocycles. The van der Waals surface area contributed by atoms with Crippen LogP contribution in [0.25, 0.3) is 11.5 Å². The highest BCUT2D eigenvalue weighted by Gasteiger charge is 2.25. The van der Waals surface area contributed by atoms with Crippen LogP contribution in [0, 0.1) is 0 Å². The molecule has 1 unspecified atom stereocenters. The Kier molecular flexibility index (Phi) is 4.84. The lowest BCUT2D eigenvalue weighted by atomic mass is 10.1. The molecule has 3 heterocycles. The van der Waals surface area contributed by atoms with Crippen LogP contribution in [-0.4, -0.2) is 40.3 Å². The van der Waals surface area contributed by atoms with E-state index in [4.69, 9.17) is 9.15 Å². The van der Waals surface area contributed by atoms with Crippen molar-refractivity contribution in [3.63, 3.8) is 0 Å². The molecule has 138 valence electrons. The first-order chi connectivity index (χ1) is 13.2. The van der Waals surface area contributed by atoms with Gasteiger partial charge in [0, 0.05) is 12.6 Å². The second kappa shape index (κ2) is 7.59. The lowest BCUT2D eigenvalue weighted by molar-refractivity contribution is -0.139. The van der Waals surface area contributed by atoms with Gasteiger partial charge in [0.1, 0.15) is 18.3 Å². The third-order valence-corrected chi connectivity index (χ3v) is 4.52. The van der Waals surface area contributed by atoms with E-state index in [2.05, 4.69) is 5.10 Å². The number of benzene rings is 1. The molecule has 1 fully saturated rings. The van der Waals surface area contributed by atoms with Crippen molar-refractivity contribution in [1.82, 2.24) is 14.7 Å². The van der Waals surface area contributed by atoms with E-state index in [9.17, 15) is 9.59 Å². The Bertz CT molecular complexity index is 966. The molecule has 1 amide bonds. The van der Waals surface area contributed by atoms with E-state index in [-0.39, 0.29) is 24.1 Å². The summed E-state index contributed by atoms with van der Waals surface area (Å²) in [6.07, 6.45) is 1.37. The monoisotopic (exact) mass is 365 g/mol. The van der Waals surface area contributed by atoms with E-state index in [1.165, 1.54) is 17.0 Å². The van der Waals surface area contributed by atoms with Gasteiger partial charge in [-0.3, -0.25) is 9.59 Å². The highest BCUT2D eigenvalue weighted by Crippen LogP contribution is 2.22. The van der Waals surface area contributed by atoms with Crippen molar-refractivity contribution in [2.75, 3.05) is 19.7 Å². The van der Waals surface area contributed by atoms with Crippen molar-refractivity contribution in [1.29, 1.82) is 0 Å².